The van der Waals surface area contributed by atoms with Crippen molar-refractivity contribution in [2.45, 2.75) is 12.8 Å². The predicted molar refractivity (Wildman–Crippen MR) is 72.8 cm³/mol. The quantitative estimate of drug-likeness (QED) is 0.821. The van der Waals surface area contributed by atoms with Crippen LogP contribution in [0.4, 0.5) is 4.39 Å². The van der Waals surface area contributed by atoms with Crippen molar-refractivity contribution < 1.29 is 19.1 Å². The number of benzene rings is 1. The average molecular weight is 298 g/mol. The Morgan fingerprint density at radius 1 is 1.45 bits per heavy atom. The lowest BCUT2D eigenvalue weighted by atomic mass is 10.1. The van der Waals surface area contributed by atoms with Gasteiger partial charge in [0.05, 0.1) is 10.4 Å². The Morgan fingerprint density at radius 2 is 2.15 bits per heavy atom. The topological polar surface area (TPSA) is 66.4 Å². The van der Waals surface area contributed by atoms with Crippen molar-refractivity contribution in [1.82, 2.24) is 5.32 Å². The van der Waals surface area contributed by atoms with E-state index in [2.05, 4.69) is 5.32 Å². The highest BCUT2D eigenvalue weighted by Crippen LogP contribution is 2.45. The standard InChI is InChI=1S/C14H13ClFNO3/c15-10-2-1-3-11(16)9(10)4-5-12(18)17-8-14(6-7-14)13(19)20/h1-5H,6-8H2,(H,17,18)(H,19,20)/b5-4+. The summed E-state index contributed by atoms with van der Waals surface area (Å²) in [6, 6.07) is 4.23. The van der Waals surface area contributed by atoms with Gasteiger partial charge < -0.3 is 10.4 Å². The van der Waals surface area contributed by atoms with Gasteiger partial charge in [-0.2, -0.15) is 0 Å². The van der Waals surface area contributed by atoms with E-state index in [1.165, 1.54) is 24.3 Å². The highest BCUT2D eigenvalue weighted by molar-refractivity contribution is 6.32. The first-order chi connectivity index (χ1) is 9.44. The Hall–Kier alpha value is -1.88. The van der Waals surface area contributed by atoms with Gasteiger partial charge in [0.15, 0.2) is 0 Å². The number of aliphatic carboxylic acids is 1. The lowest BCUT2D eigenvalue weighted by molar-refractivity contribution is -0.143. The van der Waals surface area contributed by atoms with Crippen molar-refractivity contribution in [2.75, 3.05) is 6.54 Å². The molecule has 6 heteroatoms. The van der Waals surface area contributed by atoms with Gasteiger partial charge in [0, 0.05) is 18.2 Å². The molecule has 0 unspecified atom stereocenters. The fourth-order valence-corrected chi connectivity index (χ4v) is 1.99. The number of carboxylic acids is 1. The van der Waals surface area contributed by atoms with Crippen molar-refractivity contribution >= 4 is 29.6 Å². The number of hydrogen-bond donors (Lipinski definition) is 2. The van der Waals surface area contributed by atoms with Gasteiger partial charge in [-0.3, -0.25) is 9.59 Å². The van der Waals surface area contributed by atoms with Crippen LogP contribution in [-0.2, 0) is 9.59 Å². The van der Waals surface area contributed by atoms with Crippen molar-refractivity contribution in [3.8, 4) is 0 Å². The van der Waals surface area contributed by atoms with Crippen molar-refractivity contribution in [3.05, 3.63) is 40.7 Å². The molecule has 20 heavy (non-hydrogen) atoms. The highest BCUT2D eigenvalue weighted by atomic mass is 35.5. The van der Waals surface area contributed by atoms with Crippen LogP contribution in [0.1, 0.15) is 18.4 Å². The minimum absolute atomic E-state index is 0.0799. The Kier molecular flexibility index (Phi) is 4.09. The molecule has 1 aromatic rings. The van der Waals surface area contributed by atoms with Crippen LogP contribution in [0.15, 0.2) is 24.3 Å². The number of carbonyl (C=O) groups is 2. The zero-order chi connectivity index (χ0) is 14.8. The highest BCUT2D eigenvalue weighted by Gasteiger charge is 2.50. The van der Waals surface area contributed by atoms with Crippen molar-refractivity contribution in [2.24, 2.45) is 5.41 Å². The van der Waals surface area contributed by atoms with Gasteiger partial charge in [-0.25, -0.2) is 4.39 Å². The zero-order valence-corrected chi connectivity index (χ0v) is 11.3. The molecule has 106 valence electrons. The average Bonchev–Trinajstić information content (AvgIpc) is 3.17. The van der Waals surface area contributed by atoms with Crippen LogP contribution in [0.2, 0.25) is 5.02 Å². The second kappa shape index (κ2) is 5.63. The molecule has 0 aliphatic heterocycles. The molecule has 1 saturated carbocycles. The van der Waals surface area contributed by atoms with Gasteiger partial charge in [0.2, 0.25) is 5.91 Å². The van der Waals surface area contributed by atoms with Crippen molar-refractivity contribution in [1.29, 1.82) is 0 Å². The van der Waals surface area contributed by atoms with Crippen LogP contribution >= 0.6 is 11.6 Å². The predicted octanol–water partition coefficient (Wildman–Crippen LogP) is 2.47. The summed E-state index contributed by atoms with van der Waals surface area (Å²) in [5.41, 5.74) is -0.692. The molecule has 0 heterocycles. The van der Waals surface area contributed by atoms with Gasteiger partial charge in [0.25, 0.3) is 0 Å². The van der Waals surface area contributed by atoms with Crippen LogP contribution in [0.5, 0.6) is 0 Å². The molecule has 2 N–H and O–H groups in total. The number of amides is 1. The summed E-state index contributed by atoms with van der Waals surface area (Å²) in [7, 11) is 0. The van der Waals surface area contributed by atoms with Gasteiger partial charge >= 0.3 is 5.97 Å². The van der Waals surface area contributed by atoms with E-state index >= 15 is 0 Å². The van der Waals surface area contributed by atoms with E-state index in [0.29, 0.717) is 12.8 Å². The normalized spacial score (nSPS) is 16.1. The number of hydrogen-bond acceptors (Lipinski definition) is 2. The summed E-state index contributed by atoms with van der Waals surface area (Å²) in [6.45, 7) is 0.0799. The van der Waals surface area contributed by atoms with Gasteiger partial charge in [0.1, 0.15) is 5.82 Å². The molecule has 0 aromatic heterocycles. The van der Waals surface area contributed by atoms with E-state index in [-0.39, 0.29) is 17.1 Å². The summed E-state index contributed by atoms with van der Waals surface area (Å²) >= 11 is 5.81. The van der Waals surface area contributed by atoms with Crippen molar-refractivity contribution in [3.63, 3.8) is 0 Å². The van der Waals surface area contributed by atoms with E-state index in [4.69, 9.17) is 16.7 Å². The van der Waals surface area contributed by atoms with E-state index in [0.717, 1.165) is 6.08 Å². The Morgan fingerprint density at radius 3 is 2.70 bits per heavy atom. The molecule has 1 aliphatic rings. The number of halogens is 2. The van der Waals surface area contributed by atoms with Crippen LogP contribution in [-0.4, -0.2) is 23.5 Å². The lowest BCUT2D eigenvalue weighted by Crippen LogP contribution is -2.33. The molecule has 0 radical (unpaired) electrons. The van der Waals surface area contributed by atoms with Gasteiger partial charge in [-0.05, 0) is 31.1 Å². The second-order valence-corrected chi connectivity index (χ2v) is 5.18. The maximum atomic E-state index is 13.4. The fourth-order valence-electron chi connectivity index (χ4n) is 1.76. The third kappa shape index (κ3) is 3.17. The van der Waals surface area contributed by atoms with Gasteiger partial charge in [-0.1, -0.05) is 17.7 Å². The third-order valence-corrected chi connectivity index (χ3v) is 3.64. The third-order valence-electron chi connectivity index (χ3n) is 3.31. The Bertz CT molecular complexity index is 562. The summed E-state index contributed by atoms with van der Waals surface area (Å²) < 4.78 is 13.4. The fraction of sp³-hybridized carbons (Fsp3) is 0.286. The smallest absolute Gasteiger partial charge is 0.311 e. The van der Waals surface area contributed by atoms with Crippen LogP contribution in [0, 0.1) is 11.2 Å². The van der Waals surface area contributed by atoms with E-state index in [1.807, 2.05) is 0 Å². The van der Waals surface area contributed by atoms with Gasteiger partial charge in [-0.15, -0.1) is 0 Å². The number of rotatable bonds is 5. The molecular weight excluding hydrogens is 285 g/mol. The first-order valence-electron chi connectivity index (χ1n) is 6.08. The molecule has 2 rings (SSSR count). The lowest BCUT2D eigenvalue weighted by Gasteiger charge is -2.09. The number of nitrogens with one attached hydrogen (secondary N) is 1. The summed E-state index contributed by atoms with van der Waals surface area (Å²) in [6.07, 6.45) is 3.53. The Balaban J connectivity index is 1.95. The minimum atomic E-state index is -0.904. The maximum Gasteiger partial charge on any atom is 0.311 e. The molecule has 1 aromatic carbocycles. The van der Waals surface area contributed by atoms with Crippen LogP contribution < -0.4 is 5.32 Å². The van der Waals surface area contributed by atoms with Crippen LogP contribution in [0.25, 0.3) is 6.08 Å². The monoisotopic (exact) mass is 297 g/mol. The van der Waals surface area contributed by atoms with E-state index in [1.54, 1.807) is 0 Å². The SMILES string of the molecule is O=C(/C=C/c1c(F)cccc1Cl)NCC1(C(=O)O)CC1. The second-order valence-electron chi connectivity index (χ2n) is 4.77. The van der Waals surface area contributed by atoms with E-state index < -0.39 is 23.1 Å². The van der Waals surface area contributed by atoms with E-state index in [9.17, 15) is 14.0 Å². The molecule has 0 saturated heterocycles. The molecular formula is C14H13ClFNO3. The molecule has 1 fully saturated rings. The first kappa shape index (κ1) is 14.5. The van der Waals surface area contributed by atoms with Crippen LogP contribution in [0.3, 0.4) is 0 Å². The summed E-state index contributed by atoms with van der Waals surface area (Å²) in [5.74, 6) is -1.90. The minimum Gasteiger partial charge on any atom is -0.481 e. The largest absolute Gasteiger partial charge is 0.481 e. The number of carboxylic acid groups (broad SMARTS) is 1. The molecule has 0 atom stereocenters. The molecule has 0 spiro atoms. The zero-order valence-electron chi connectivity index (χ0n) is 10.5. The molecule has 4 nitrogen and oxygen atoms in total. The molecule has 1 aliphatic carbocycles. The maximum absolute atomic E-state index is 13.4. The number of carbonyl (C=O) groups excluding carboxylic acids is 1. The summed E-state index contributed by atoms with van der Waals surface area (Å²) in [4.78, 5) is 22.5. The Labute approximate surface area is 120 Å². The molecule has 0 bridgehead atoms. The first-order valence-corrected chi connectivity index (χ1v) is 6.46. The molecule has 1 amide bonds. The summed E-state index contributed by atoms with van der Waals surface area (Å²) in [5, 5.41) is 11.7.